The molecule has 3 rings (SSSR count). The van der Waals surface area contributed by atoms with Gasteiger partial charge in [-0.1, -0.05) is 66.5 Å². The molecule has 1 aliphatic heterocycles. The van der Waals surface area contributed by atoms with Crippen LogP contribution in [0.2, 0.25) is 0 Å². The van der Waals surface area contributed by atoms with Crippen LogP contribution in [-0.2, 0) is 25.5 Å². The number of ether oxygens (including phenoxy) is 1. The number of aliphatic hydroxyl groups is 1. The number of thiazole rings is 1. The van der Waals surface area contributed by atoms with Gasteiger partial charge in [-0.2, -0.15) is 0 Å². The van der Waals surface area contributed by atoms with Gasteiger partial charge in [-0.3, -0.25) is 19.2 Å². The maximum absolute atomic E-state index is 14.7. The average Bonchev–Trinajstić information content (AvgIpc) is 3.65. The summed E-state index contributed by atoms with van der Waals surface area (Å²) in [6.07, 6.45) is 4.64. The predicted octanol–water partition coefficient (Wildman–Crippen LogP) is 5.16. The number of aliphatic hydroxyl groups excluding tert-OH is 1. The maximum atomic E-state index is 14.7. The molecule has 2 unspecified atom stereocenters. The van der Waals surface area contributed by atoms with Crippen LogP contribution in [0.4, 0.5) is 0 Å². The topological polar surface area (TPSA) is 187 Å². The number of phenols is 1. The van der Waals surface area contributed by atoms with Gasteiger partial charge in [0.15, 0.2) is 6.73 Å². The quantitative estimate of drug-likeness (QED) is 0.0789. The zero-order valence-electron chi connectivity index (χ0n) is 34.1. The van der Waals surface area contributed by atoms with Crippen LogP contribution in [0.15, 0.2) is 29.6 Å². The highest BCUT2D eigenvalue weighted by atomic mass is 32.1. The van der Waals surface area contributed by atoms with Gasteiger partial charge in [0.25, 0.3) is 5.91 Å². The second-order valence-corrected chi connectivity index (χ2v) is 16.7. The molecular weight excluding hydrogens is 721 g/mol. The molecule has 1 aromatic heterocycles. The highest BCUT2D eigenvalue weighted by Gasteiger charge is 2.38. The van der Waals surface area contributed by atoms with E-state index in [4.69, 9.17) is 10.5 Å². The van der Waals surface area contributed by atoms with Gasteiger partial charge in [-0.25, -0.2) is 4.98 Å². The van der Waals surface area contributed by atoms with E-state index in [0.717, 1.165) is 49.1 Å². The third kappa shape index (κ3) is 13.8. The van der Waals surface area contributed by atoms with Gasteiger partial charge in [0.1, 0.15) is 22.6 Å². The molecule has 2 aromatic rings. The highest BCUT2D eigenvalue weighted by molar-refractivity contribution is 7.09. The second kappa shape index (κ2) is 22.2. The Kier molecular flexibility index (Phi) is 18.5. The van der Waals surface area contributed by atoms with E-state index in [1.165, 1.54) is 0 Å². The van der Waals surface area contributed by atoms with E-state index in [1.807, 2.05) is 20.8 Å². The van der Waals surface area contributed by atoms with Gasteiger partial charge in [-0.15, -0.1) is 11.3 Å². The van der Waals surface area contributed by atoms with Crippen LogP contribution < -0.4 is 16.4 Å². The number of nitrogens with zero attached hydrogens (tertiary/aromatic N) is 3. The van der Waals surface area contributed by atoms with Crippen molar-refractivity contribution >= 4 is 35.0 Å². The molecule has 55 heavy (non-hydrogen) atoms. The fourth-order valence-electron chi connectivity index (χ4n) is 7.31. The van der Waals surface area contributed by atoms with E-state index in [-0.39, 0.29) is 60.8 Å². The van der Waals surface area contributed by atoms with Gasteiger partial charge in [0, 0.05) is 48.3 Å². The first-order chi connectivity index (χ1) is 26.1. The number of likely N-dealkylation sites (N-methyl/N-ethyl adjacent to an activating group) is 1. The van der Waals surface area contributed by atoms with E-state index in [9.17, 15) is 29.4 Å². The van der Waals surface area contributed by atoms with E-state index < -0.39 is 47.9 Å². The third-order valence-electron chi connectivity index (χ3n) is 11.0. The van der Waals surface area contributed by atoms with Gasteiger partial charge >= 0.3 is 5.97 Å². The van der Waals surface area contributed by atoms with Gasteiger partial charge in [-0.05, 0) is 82.2 Å². The summed E-state index contributed by atoms with van der Waals surface area (Å²) >= 11 is 1.15. The lowest BCUT2D eigenvalue weighted by Gasteiger charge is -2.42. The Balaban J connectivity index is 1.84. The zero-order valence-corrected chi connectivity index (χ0v) is 34.9. The maximum Gasteiger partial charge on any atom is 0.307 e. The van der Waals surface area contributed by atoms with Crippen molar-refractivity contribution in [1.82, 2.24) is 25.4 Å². The van der Waals surface area contributed by atoms with E-state index in [0.29, 0.717) is 24.3 Å². The summed E-state index contributed by atoms with van der Waals surface area (Å²) in [5, 5.41) is 29.9. The molecule has 1 fully saturated rings. The first-order valence-electron chi connectivity index (χ1n) is 20.0. The number of esters is 1. The van der Waals surface area contributed by atoms with Crippen molar-refractivity contribution in [3.8, 4) is 5.75 Å². The normalized spacial score (nSPS) is 18.8. The van der Waals surface area contributed by atoms with Crippen molar-refractivity contribution in [3.63, 3.8) is 0 Å². The van der Waals surface area contributed by atoms with Gasteiger partial charge < -0.3 is 41.1 Å². The molecule has 14 heteroatoms. The van der Waals surface area contributed by atoms with Crippen molar-refractivity contribution in [2.45, 2.75) is 143 Å². The predicted molar refractivity (Wildman–Crippen MR) is 215 cm³/mol. The first-order valence-corrected chi connectivity index (χ1v) is 20.9. The number of carbonyl (C=O) groups is 4. The Morgan fingerprint density at radius 1 is 1.07 bits per heavy atom. The Morgan fingerprint density at radius 2 is 1.76 bits per heavy atom. The standard InChI is InChI=1S/C41H66N6O7S/c1-9-13-36(50)54-24-47(41(53)37(26(5)10-2)43-28(7)33-14-11-12-19-46(33)8)34(25(3)4)22-35(49)40-45-32(23-55-40)39(52)44-30(20-27(6)38(42)51)21-29-15-17-31(48)18-16-29/h15-18,23,25-28,30,33-35,37,43,48-49H,9-14,19-22,24H2,1-8H3,(H2,42,51)(H,44,52)/t26?,27-,28?,30+,33+,34+,35+,37-/m0/s1. The van der Waals surface area contributed by atoms with E-state index >= 15 is 0 Å². The molecule has 308 valence electrons. The molecule has 13 nitrogen and oxygen atoms in total. The van der Waals surface area contributed by atoms with Crippen molar-refractivity contribution < 1.29 is 34.1 Å². The Labute approximate surface area is 331 Å². The van der Waals surface area contributed by atoms with Crippen LogP contribution in [0.25, 0.3) is 0 Å². The summed E-state index contributed by atoms with van der Waals surface area (Å²) in [6, 6.07) is 5.44. The fraction of sp³-hybridized carbons (Fsp3) is 0.683. The number of aromatic nitrogens is 1. The summed E-state index contributed by atoms with van der Waals surface area (Å²) in [7, 11) is 2.13. The number of nitrogens with one attached hydrogen (secondary N) is 2. The Hall–Kier alpha value is -3.59. The number of phenolic OH excluding ortho intramolecular Hbond substituents is 1. The van der Waals surface area contributed by atoms with Crippen molar-refractivity contribution in [2.24, 2.45) is 23.5 Å². The van der Waals surface area contributed by atoms with Crippen LogP contribution in [0.1, 0.15) is 127 Å². The number of carbonyl (C=O) groups excluding carboxylic acids is 4. The second-order valence-electron chi connectivity index (χ2n) is 15.8. The lowest BCUT2D eigenvalue weighted by Crippen LogP contribution is -2.60. The van der Waals surface area contributed by atoms with Crippen molar-refractivity contribution in [3.05, 3.63) is 45.9 Å². The molecule has 2 heterocycles. The number of hydrogen-bond donors (Lipinski definition) is 5. The minimum atomic E-state index is -1.12. The van der Waals surface area contributed by atoms with E-state index in [2.05, 4.69) is 48.3 Å². The third-order valence-corrected chi connectivity index (χ3v) is 11.9. The average molecular weight is 787 g/mol. The first kappa shape index (κ1) is 45.8. The number of benzene rings is 1. The highest BCUT2D eigenvalue weighted by Crippen LogP contribution is 2.29. The molecule has 8 atom stereocenters. The van der Waals surface area contributed by atoms with Crippen LogP contribution in [0.5, 0.6) is 5.75 Å². The summed E-state index contributed by atoms with van der Waals surface area (Å²) in [5.74, 6) is -2.03. The summed E-state index contributed by atoms with van der Waals surface area (Å²) in [6.45, 7) is 14.6. The van der Waals surface area contributed by atoms with Gasteiger partial charge in [0.2, 0.25) is 11.8 Å². The molecule has 0 bridgehead atoms. The molecule has 1 saturated heterocycles. The molecule has 0 radical (unpaired) electrons. The van der Waals surface area contributed by atoms with Crippen LogP contribution in [0, 0.1) is 17.8 Å². The molecule has 0 saturated carbocycles. The van der Waals surface area contributed by atoms with Crippen molar-refractivity contribution in [2.75, 3.05) is 20.3 Å². The van der Waals surface area contributed by atoms with Crippen LogP contribution in [-0.4, -0.2) is 99.2 Å². The minimum Gasteiger partial charge on any atom is -0.508 e. The van der Waals surface area contributed by atoms with Crippen LogP contribution >= 0.6 is 11.3 Å². The zero-order chi connectivity index (χ0) is 40.8. The molecule has 3 amide bonds. The lowest BCUT2D eigenvalue weighted by molar-refractivity contribution is -0.158. The molecule has 1 aromatic carbocycles. The summed E-state index contributed by atoms with van der Waals surface area (Å²) in [4.78, 5) is 61.2. The molecule has 0 spiro atoms. The largest absolute Gasteiger partial charge is 0.508 e. The Morgan fingerprint density at radius 3 is 2.36 bits per heavy atom. The number of rotatable bonds is 22. The monoisotopic (exact) mass is 786 g/mol. The fourth-order valence-corrected chi connectivity index (χ4v) is 8.10. The molecule has 6 N–H and O–H groups in total. The SMILES string of the molecule is CCCC(=O)OCN(C(=O)[C@@H](NC(C)[C@H]1CCCCN1C)C(C)CC)[C@H](C[C@@H](O)c1nc(C(=O)N[C@@H](Cc2ccc(O)cc2)C[C@H](C)C(N)=O)cs1)C(C)C. The number of nitrogens with two attached hydrogens (primary N) is 1. The number of hydrogen-bond acceptors (Lipinski definition) is 11. The van der Waals surface area contributed by atoms with E-state index in [1.54, 1.807) is 41.5 Å². The van der Waals surface area contributed by atoms with Crippen molar-refractivity contribution in [1.29, 1.82) is 0 Å². The van der Waals surface area contributed by atoms with Gasteiger partial charge in [0.05, 0.1) is 6.04 Å². The molecule has 0 aliphatic carbocycles. The number of primary amides is 1. The number of piperidine rings is 1. The molecule has 1 aliphatic rings. The minimum absolute atomic E-state index is 0.0146. The lowest BCUT2D eigenvalue weighted by atomic mass is 9.91. The van der Waals surface area contributed by atoms with Crippen LogP contribution in [0.3, 0.4) is 0 Å². The Bertz CT molecular complexity index is 1520. The smallest absolute Gasteiger partial charge is 0.307 e. The number of aromatic hydroxyl groups is 1. The molecular formula is C41H66N6O7S. The summed E-state index contributed by atoms with van der Waals surface area (Å²) < 4.78 is 5.69. The summed E-state index contributed by atoms with van der Waals surface area (Å²) in [5.41, 5.74) is 6.52. The number of amides is 3. The number of likely N-dealkylation sites (tertiary alicyclic amines) is 1.